The Kier molecular flexibility index (Phi) is 5.45. The second-order valence-electron chi connectivity index (χ2n) is 7.22. The van der Waals surface area contributed by atoms with Gasteiger partial charge in [0.1, 0.15) is 0 Å². The second kappa shape index (κ2) is 8.36. The molecule has 1 unspecified atom stereocenters. The zero-order valence-electron chi connectivity index (χ0n) is 17.1. The van der Waals surface area contributed by atoms with E-state index in [0.717, 1.165) is 5.56 Å². The van der Waals surface area contributed by atoms with Crippen molar-refractivity contribution in [3.8, 4) is 5.69 Å². The summed E-state index contributed by atoms with van der Waals surface area (Å²) in [6, 6.07) is 22.6. The Morgan fingerprint density at radius 1 is 0.871 bits per heavy atom. The van der Waals surface area contributed by atoms with Crippen LogP contribution in [0.25, 0.3) is 16.5 Å². The molecule has 6 heteroatoms. The summed E-state index contributed by atoms with van der Waals surface area (Å²) in [5, 5.41) is 5.00. The molecular weight excluding hydrogens is 392 g/mol. The average molecular weight is 412 g/mol. The second-order valence-corrected chi connectivity index (χ2v) is 7.22. The van der Waals surface area contributed by atoms with E-state index in [0.29, 0.717) is 22.0 Å². The molecule has 0 aliphatic heterocycles. The van der Waals surface area contributed by atoms with Crippen LogP contribution in [0.5, 0.6) is 0 Å². The Balaban J connectivity index is 1.72. The molecule has 0 bridgehead atoms. The fourth-order valence-corrected chi connectivity index (χ4v) is 3.31. The summed E-state index contributed by atoms with van der Waals surface area (Å²) in [6.07, 6.45) is -1.01. The first kappa shape index (κ1) is 20.2. The van der Waals surface area contributed by atoms with E-state index < -0.39 is 12.1 Å². The zero-order valence-corrected chi connectivity index (χ0v) is 17.1. The van der Waals surface area contributed by atoms with E-state index in [4.69, 9.17) is 4.74 Å². The Labute approximate surface area is 178 Å². The van der Waals surface area contributed by atoms with E-state index in [9.17, 15) is 14.4 Å². The number of esters is 1. The monoisotopic (exact) mass is 412 g/mol. The van der Waals surface area contributed by atoms with Gasteiger partial charge in [0.15, 0.2) is 11.8 Å². The number of benzene rings is 3. The third kappa shape index (κ3) is 4.00. The van der Waals surface area contributed by atoms with Crippen molar-refractivity contribution in [3.63, 3.8) is 0 Å². The molecule has 0 radical (unpaired) electrons. The highest BCUT2D eigenvalue weighted by atomic mass is 16.5. The molecule has 0 amide bonds. The van der Waals surface area contributed by atoms with Crippen molar-refractivity contribution in [3.05, 3.63) is 106 Å². The number of rotatable bonds is 5. The molecule has 3 aromatic carbocycles. The molecule has 6 nitrogen and oxygen atoms in total. The summed E-state index contributed by atoms with van der Waals surface area (Å²) < 4.78 is 6.63. The number of aryl methyl sites for hydroxylation is 1. The van der Waals surface area contributed by atoms with Crippen LogP contribution in [-0.2, 0) is 4.74 Å². The maximum absolute atomic E-state index is 13.0. The number of aromatic nitrogens is 2. The van der Waals surface area contributed by atoms with Crippen molar-refractivity contribution in [1.82, 2.24) is 9.78 Å². The van der Waals surface area contributed by atoms with Crippen LogP contribution < -0.4 is 5.56 Å². The SMILES string of the molecule is Cc1ccc(C(=O)C(C)OC(=O)c2nn(-c3ccccc3)c(=O)c3ccccc23)cc1. The zero-order chi connectivity index (χ0) is 22.0. The maximum Gasteiger partial charge on any atom is 0.360 e. The summed E-state index contributed by atoms with van der Waals surface area (Å²) in [5.41, 5.74) is 1.64. The van der Waals surface area contributed by atoms with E-state index in [2.05, 4.69) is 5.10 Å². The average Bonchev–Trinajstić information content (AvgIpc) is 2.80. The Bertz CT molecular complexity index is 1330. The van der Waals surface area contributed by atoms with Crippen LogP contribution in [-0.4, -0.2) is 27.6 Å². The lowest BCUT2D eigenvalue weighted by Crippen LogP contribution is -2.28. The Morgan fingerprint density at radius 3 is 2.16 bits per heavy atom. The molecule has 1 aromatic heterocycles. The quantitative estimate of drug-likeness (QED) is 0.364. The number of para-hydroxylation sites is 1. The van der Waals surface area contributed by atoms with Gasteiger partial charge in [-0.05, 0) is 32.0 Å². The predicted octanol–water partition coefficient (Wildman–Crippen LogP) is 4.12. The molecule has 0 saturated heterocycles. The largest absolute Gasteiger partial charge is 0.449 e. The smallest absolute Gasteiger partial charge is 0.360 e. The Morgan fingerprint density at radius 2 is 1.48 bits per heavy atom. The van der Waals surface area contributed by atoms with E-state index in [1.165, 1.54) is 11.6 Å². The van der Waals surface area contributed by atoms with Crippen LogP contribution in [0.15, 0.2) is 83.7 Å². The van der Waals surface area contributed by atoms with Gasteiger partial charge in [-0.15, -0.1) is 0 Å². The number of Topliss-reactive ketones (excluding diaryl/α,β-unsaturated/α-hetero) is 1. The molecule has 154 valence electrons. The van der Waals surface area contributed by atoms with Gasteiger partial charge < -0.3 is 4.74 Å². The van der Waals surface area contributed by atoms with Crippen molar-refractivity contribution in [2.45, 2.75) is 20.0 Å². The number of carbonyl (C=O) groups is 2. The predicted molar refractivity (Wildman–Crippen MR) is 118 cm³/mol. The van der Waals surface area contributed by atoms with Gasteiger partial charge in [-0.3, -0.25) is 9.59 Å². The topological polar surface area (TPSA) is 78.3 Å². The molecule has 0 N–H and O–H groups in total. The molecule has 0 saturated carbocycles. The number of nitrogens with zero attached hydrogens (tertiary/aromatic N) is 2. The summed E-state index contributed by atoms with van der Waals surface area (Å²) >= 11 is 0. The summed E-state index contributed by atoms with van der Waals surface area (Å²) in [7, 11) is 0. The molecule has 0 aliphatic carbocycles. The standard InChI is InChI=1S/C25H20N2O4/c1-16-12-14-18(15-13-16)23(28)17(2)31-25(30)22-20-10-6-7-11-21(20)24(29)27(26-22)19-8-4-3-5-9-19/h3-15,17H,1-2H3. The van der Waals surface area contributed by atoms with Crippen molar-refractivity contribution in [2.24, 2.45) is 0 Å². The molecule has 0 aliphatic rings. The van der Waals surface area contributed by atoms with E-state index in [-0.39, 0.29) is 17.0 Å². The molecule has 0 fully saturated rings. The van der Waals surface area contributed by atoms with Gasteiger partial charge in [0.2, 0.25) is 5.78 Å². The van der Waals surface area contributed by atoms with Crippen LogP contribution in [0.2, 0.25) is 0 Å². The lowest BCUT2D eigenvalue weighted by molar-refractivity contribution is 0.0313. The Hall–Kier alpha value is -4.06. The van der Waals surface area contributed by atoms with E-state index >= 15 is 0 Å². The lowest BCUT2D eigenvalue weighted by Gasteiger charge is -2.14. The summed E-state index contributed by atoms with van der Waals surface area (Å²) in [6.45, 7) is 3.45. The van der Waals surface area contributed by atoms with Gasteiger partial charge in [-0.25, -0.2) is 4.79 Å². The third-order valence-electron chi connectivity index (χ3n) is 4.99. The number of ketones is 1. The van der Waals surface area contributed by atoms with E-state index in [1.807, 2.05) is 25.1 Å². The third-order valence-corrected chi connectivity index (χ3v) is 4.99. The number of carbonyl (C=O) groups excluding carboxylic acids is 2. The van der Waals surface area contributed by atoms with Crippen molar-refractivity contribution < 1.29 is 14.3 Å². The molecule has 4 rings (SSSR count). The highest BCUT2D eigenvalue weighted by molar-refractivity contribution is 6.05. The van der Waals surface area contributed by atoms with Gasteiger partial charge >= 0.3 is 5.97 Å². The van der Waals surface area contributed by atoms with E-state index in [1.54, 1.807) is 60.7 Å². The molecule has 4 aromatic rings. The minimum atomic E-state index is -1.01. The fourth-order valence-electron chi connectivity index (χ4n) is 3.31. The molecule has 31 heavy (non-hydrogen) atoms. The van der Waals surface area contributed by atoms with Crippen molar-refractivity contribution in [2.75, 3.05) is 0 Å². The molecule has 1 heterocycles. The van der Waals surface area contributed by atoms with Crippen LogP contribution in [0.1, 0.15) is 33.3 Å². The molecular formula is C25H20N2O4. The first-order valence-electron chi connectivity index (χ1n) is 9.85. The van der Waals surface area contributed by atoms with Crippen LogP contribution in [0.3, 0.4) is 0 Å². The summed E-state index contributed by atoms with van der Waals surface area (Å²) in [5.74, 6) is -1.08. The number of hydrogen-bond acceptors (Lipinski definition) is 5. The number of hydrogen-bond donors (Lipinski definition) is 0. The van der Waals surface area contributed by atoms with Crippen molar-refractivity contribution >= 4 is 22.5 Å². The maximum atomic E-state index is 13.0. The lowest BCUT2D eigenvalue weighted by atomic mass is 10.1. The van der Waals surface area contributed by atoms with Crippen LogP contribution in [0.4, 0.5) is 0 Å². The van der Waals surface area contributed by atoms with Gasteiger partial charge in [0, 0.05) is 10.9 Å². The van der Waals surface area contributed by atoms with Gasteiger partial charge in [0.05, 0.1) is 11.1 Å². The minimum absolute atomic E-state index is 0.0254. The first-order chi connectivity index (χ1) is 15.0. The number of ether oxygens (including phenoxy) is 1. The minimum Gasteiger partial charge on any atom is -0.449 e. The normalized spacial score (nSPS) is 11.8. The highest BCUT2D eigenvalue weighted by Crippen LogP contribution is 2.17. The van der Waals surface area contributed by atoms with Crippen molar-refractivity contribution in [1.29, 1.82) is 0 Å². The number of fused-ring (bicyclic) bond motifs is 1. The van der Waals surface area contributed by atoms with Crippen LogP contribution >= 0.6 is 0 Å². The van der Waals surface area contributed by atoms with Gasteiger partial charge in [0.25, 0.3) is 5.56 Å². The van der Waals surface area contributed by atoms with Gasteiger partial charge in [-0.2, -0.15) is 9.78 Å². The molecule has 0 spiro atoms. The fraction of sp³-hybridized carbons (Fsp3) is 0.120. The van der Waals surface area contributed by atoms with Crippen LogP contribution in [0, 0.1) is 6.92 Å². The first-order valence-corrected chi connectivity index (χ1v) is 9.85. The summed E-state index contributed by atoms with van der Waals surface area (Å²) in [4.78, 5) is 38.6. The molecule has 1 atom stereocenters. The van der Waals surface area contributed by atoms with Gasteiger partial charge in [-0.1, -0.05) is 66.2 Å². The highest BCUT2D eigenvalue weighted by Gasteiger charge is 2.24.